The van der Waals surface area contributed by atoms with Gasteiger partial charge in [0.25, 0.3) is 0 Å². The molecule has 134 valence electrons. The predicted octanol–water partition coefficient (Wildman–Crippen LogP) is 0.467. The van der Waals surface area contributed by atoms with Gasteiger partial charge in [-0.2, -0.15) is 0 Å². The monoisotopic (exact) mass is 455 g/mol. The lowest BCUT2D eigenvalue weighted by atomic mass is 9.75. The van der Waals surface area contributed by atoms with Crippen LogP contribution >= 0.6 is 22.6 Å². The quantitative estimate of drug-likeness (QED) is 0.282. The fraction of sp³-hybridized carbons (Fsp3) is 0.714. The summed E-state index contributed by atoms with van der Waals surface area (Å²) in [5.41, 5.74) is -1.17. The van der Waals surface area contributed by atoms with Crippen molar-refractivity contribution in [1.82, 2.24) is 5.32 Å². The normalized spacial score (nSPS) is 34.4. The SMILES string of the molecule is CC(=O)OC1C2CC(CI)(OC(=O)N2)C(OC(C)=O)C1OC(C)=O. The number of carbonyl (C=O) groups excluding carboxylic acids is 4. The third kappa shape index (κ3) is 3.73. The predicted molar refractivity (Wildman–Crippen MR) is 86.3 cm³/mol. The lowest BCUT2D eigenvalue weighted by molar-refractivity contribution is -0.231. The van der Waals surface area contributed by atoms with E-state index in [4.69, 9.17) is 18.9 Å². The van der Waals surface area contributed by atoms with Crippen LogP contribution in [0.15, 0.2) is 0 Å². The number of hydrogen-bond acceptors (Lipinski definition) is 8. The standard InChI is InChI=1S/C14H18INO8/c1-6(17)21-10-9-4-14(5-15,24-13(20)16-9)12(23-8(3)19)11(10)22-7(2)18/h9-12H,4-5H2,1-3H3,(H,16,20). The Bertz CT molecular complexity index is 567. The topological polar surface area (TPSA) is 117 Å². The highest BCUT2D eigenvalue weighted by molar-refractivity contribution is 14.1. The molecular weight excluding hydrogens is 437 g/mol. The fourth-order valence-electron chi connectivity index (χ4n) is 3.08. The lowest BCUT2D eigenvalue weighted by Gasteiger charge is -2.52. The smallest absolute Gasteiger partial charge is 0.408 e. The minimum atomic E-state index is -1.17. The van der Waals surface area contributed by atoms with Crippen molar-refractivity contribution in [1.29, 1.82) is 0 Å². The van der Waals surface area contributed by atoms with Gasteiger partial charge >= 0.3 is 24.0 Å². The average molecular weight is 455 g/mol. The number of halogens is 1. The van der Waals surface area contributed by atoms with Crippen molar-refractivity contribution in [3.05, 3.63) is 0 Å². The maximum absolute atomic E-state index is 11.9. The number of alkyl halides is 1. The van der Waals surface area contributed by atoms with Crippen molar-refractivity contribution in [2.45, 2.75) is 57.1 Å². The number of fused-ring (bicyclic) bond motifs is 2. The minimum Gasteiger partial charge on any atom is -0.456 e. The van der Waals surface area contributed by atoms with E-state index >= 15 is 0 Å². The largest absolute Gasteiger partial charge is 0.456 e. The van der Waals surface area contributed by atoms with Crippen LogP contribution < -0.4 is 5.32 Å². The van der Waals surface area contributed by atoms with E-state index in [0.29, 0.717) is 4.43 Å². The van der Waals surface area contributed by atoms with Crippen molar-refractivity contribution in [2.24, 2.45) is 0 Å². The maximum Gasteiger partial charge on any atom is 0.408 e. The lowest BCUT2D eigenvalue weighted by Crippen LogP contribution is -2.74. The van der Waals surface area contributed by atoms with E-state index in [9.17, 15) is 19.2 Å². The van der Waals surface area contributed by atoms with Gasteiger partial charge < -0.3 is 24.3 Å². The summed E-state index contributed by atoms with van der Waals surface area (Å²) in [7, 11) is 0. The molecule has 9 nitrogen and oxygen atoms in total. The van der Waals surface area contributed by atoms with Crippen LogP contribution in [-0.2, 0) is 33.3 Å². The Morgan fingerprint density at radius 3 is 2.17 bits per heavy atom. The molecule has 1 aliphatic carbocycles. The van der Waals surface area contributed by atoms with Crippen molar-refractivity contribution in [3.8, 4) is 0 Å². The Kier molecular flexibility index (Phi) is 5.56. The number of esters is 3. The first-order valence-electron chi connectivity index (χ1n) is 7.25. The summed E-state index contributed by atoms with van der Waals surface area (Å²) >= 11 is 2.01. The van der Waals surface area contributed by atoms with Crippen LogP contribution in [0.3, 0.4) is 0 Å². The Balaban J connectivity index is 2.48. The Labute approximate surface area is 151 Å². The van der Waals surface area contributed by atoms with E-state index in [1.807, 2.05) is 22.6 Å². The van der Waals surface area contributed by atoms with Gasteiger partial charge in [-0.05, 0) is 0 Å². The summed E-state index contributed by atoms with van der Waals surface area (Å²) in [6, 6.07) is -0.624. The third-order valence-corrected chi connectivity index (χ3v) is 5.12. The fourth-order valence-corrected chi connectivity index (χ4v) is 3.98. The van der Waals surface area contributed by atoms with Crippen LogP contribution in [0.2, 0.25) is 0 Å². The summed E-state index contributed by atoms with van der Waals surface area (Å²) in [6.45, 7) is 3.59. The molecule has 24 heavy (non-hydrogen) atoms. The van der Waals surface area contributed by atoms with Gasteiger partial charge in [-0.15, -0.1) is 0 Å². The summed E-state index contributed by atoms with van der Waals surface area (Å²) in [4.78, 5) is 46.4. The average Bonchev–Trinajstić information content (AvgIpc) is 2.46. The highest BCUT2D eigenvalue weighted by atomic mass is 127. The summed E-state index contributed by atoms with van der Waals surface area (Å²) in [5.74, 6) is -1.87. The minimum absolute atomic E-state index is 0.245. The van der Waals surface area contributed by atoms with Gasteiger partial charge in [0, 0.05) is 31.6 Å². The zero-order valence-corrected chi connectivity index (χ0v) is 15.5. The van der Waals surface area contributed by atoms with Crippen LogP contribution in [-0.4, -0.2) is 58.4 Å². The Morgan fingerprint density at radius 1 is 1.12 bits per heavy atom. The Morgan fingerprint density at radius 2 is 1.67 bits per heavy atom. The molecule has 0 aromatic carbocycles. The van der Waals surface area contributed by atoms with E-state index in [1.54, 1.807) is 0 Å². The highest BCUT2D eigenvalue weighted by Gasteiger charge is 2.62. The maximum atomic E-state index is 11.9. The van der Waals surface area contributed by atoms with E-state index < -0.39 is 54.0 Å². The molecule has 5 atom stereocenters. The van der Waals surface area contributed by atoms with Crippen LogP contribution in [0.4, 0.5) is 4.79 Å². The third-order valence-electron chi connectivity index (χ3n) is 3.83. The molecule has 1 heterocycles. The molecule has 2 aliphatic rings. The molecule has 1 aliphatic heterocycles. The van der Waals surface area contributed by atoms with Gasteiger partial charge in [-0.1, -0.05) is 22.6 Å². The molecule has 10 heteroatoms. The van der Waals surface area contributed by atoms with Gasteiger partial charge in [0.2, 0.25) is 0 Å². The second kappa shape index (κ2) is 7.11. The first kappa shape index (κ1) is 18.7. The van der Waals surface area contributed by atoms with Crippen LogP contribution in [0.5, 0.6) is 0 Å². The summed E-state index contributed by atoms with van der Waals surface area (Å²) < 4.78 is 21.6. The summed E-state index contributed by atoms with van der Waals surface area (Å²) in [5, 5.41) is 2.57. The number of rotatable bonds is 4. The van der Waals surface area contributed by atoms with Gasteiger partial charge in [0.15, 0.2) is 23.9 Å². The number of amides is 1. The molecule has 2 rings (SSSR count). The van der Waals surface area contributed by atoms with E-state index in [2.05, 4.69) is 5.32 Å². The first-order chi connectivity index (χ1) is 11.2. The van der Waals surface area contributed by atoms with Gasteiger partial charge in [-0.3, -0.25) is 14.4 Å². The molecule has 0 radical (unpaired) electrons. The summed E-state index contributed by atoms with van der Waals surface area (Å²) in [6.07, 6.45) is -3.62. The van der Waals surface area contributed by atoms with Crippen LogP contribution in [0.25, 0.3) is 0 Å². The molecule has 1 saturated heterocycles. The van der Waals surface area contributed by atoms with Gasteiger partial charge in [-0.25, -0.2) is 4.79 Å². The van der Waals surface area contributed by atoms with Crippen LogP contribution in [0.1, 0.15) is 27.2 Å². The molecular formula is C14H18INO8. The molecule has 0 spiro atoms. The molecule has 0 aromatic rings. The van der Waals surface area contributed by atoms with Gasteiger partial charge in [0.05, 0.1) is 6.04 Å². The zero-order valence-electron chi connectivity index (χ0n) is 13.4. The number of carbonyl (C=O) groups is 4. The van der Waals surface area contributed by atoms with Crippen LogP contribution in [0, 0.1) is 0 Å². The highest BCUT2D eigenvalue weighted by Crippen LogP contribution is 2.41. The van der Waals surface area contributed by atoms with E-state index in [0.717, 1.165) is 0 Å². The van der Waals surface area contributed by atoms with Crippen molar-refractivity contribution in [3.63, 3.8) is 0 Å². The van der Waals surface area contributed by atoms with Crippen molar-refractivity contribution >= 4 is 46.6 Å². The number of hydrogen-bond donors (Lipinski definition) is 1. The zero-order chi connectivity index (χ0) is 18.1. The molecule has 1 amide bonds. The molecule has 1 N–H and O–H groups in total. The number of ether oxygens (including phenoxy) is 4. The molecule has 5 unspecified atom stereocenters. The molecule has 2 bridgehead atoms. The van der Waals surface area contributed by atoms with E-state index in [1.165, 1.54) is 20.8 Å². The molecule has 1 saturated carbocycles. The second-order valence-electron chi connectivity index (χ2n) is 5.72. The first-order valence-corrected chi connectivity index (χ1v) is 8.78. The molecule has 2 fully saturated rings. The van der Waals surface area contributed by atoms with Crippen molar-refractivity contribution in [2.75, 3.05) is 4.43 Å². The van der Waals surface area contributed by atoms with Gasteiger partial charge in [0.1, 0.15) is 0 Å². The van der Waals surface area contributed by atoms with Crippen molar-refractivity contribution < 1.29 is 38.1 Å². The molecule has 0 aromatic heterocycles. The number of nitrogens with one attached hydrogen (secondary N) is 1. The van der Waals surface area contributed by atoms with E-state index in [-0.39, 0.29) is 6.42 Å². The second-order valence-corrected chi connectivity index (χ2v) is 6.48. The number of alkyl carbamates (subject to hydrolysis) is 1. The Hall–Kier alpha value is -1.59.